The van der Waals surface area contributed by atoms with Gasteiger partial charge in [-0.3, -0.25) is 4.79 Å². The molecule has 4 aromatic carbocycles. The highest BCUT2D eigenvalue weighted by atomic mass is 32.2. The predicted molar refractivity (Wildman–Crippen MR) is 159 cm³/mol. The number of esters is 2. The molecule has 0 unspecified atom stereocenters. The Kier molecular flexibility index (Phi) is 10.3. The van der Waals surface area contributed by atoms with Crippen molar-refractivity contribution in [1.82, 2.24) is 0 Å². The Hall–Kier alpha value is -4.82. The van der Waals surface area contributed by atoms with E-state index in [0.29, 0.717) is 17.1 Å². The van der Waals surface area contributed by atoms with Crippen LogP contribution in [0.15, 0.2) is 115 Å². The molecule has 0 N–H and O–H groups in total. The third-order valence-electron chi connectivity index (χ3n) is 5.83. The lowest BCUT2D eigenvalue weighted by Crippen LogP contribution is -2.10. The Bertz CT molecular complexity index is 1540. The van der Waals surface area contributed by atoms with Crippen LogP contribution in [0.4, 0.5) is 0 Å². The summed E-state index contributed by atoms with van der Waals surface area (Å²) in [5.41, 5.74) is 2.65. The summed E-state index contributed by atoms with van der Waals surface area (Å²) < 4.78 is 20.9. The summed E-state index contributed by atoms with van der Waals surface area (Å²) in [7, 11) is 0. The van der Waals surface area contributed by atoms with E-state index < -0.39 is 11.9 Å². The Balaban J connectivity index is 1.32. The average Bonchev–Trinajstić information content (AvgIpc) is 3.01. The van der Waals surface area contributed by atoms with Crippen molar-refractivity contribution >= 4 is 39.6 Å². The molecule has 0 radical (unpaired) electrons. The fourth-order valence-electron chi connectivity index (χ4n) is 3.79. The fraction of sp³-hybridized carbons (Fsp3) is 0.121. The quantitative estimate of drug-likeness (QED) is 0.0766. The van der Waals surface area contributed by atoms with Crippen molar-refractivity contribution < 1.29 is 33.3 Å². The van der Waals surface area contributed by atoms with Gasteiger partial charge in [-0.25, -0.2) is 9.59 Å². The first kappa shape index (κ1) is 29.2. The van der Waals surface area contributed by atoms with Gasteiger partial charge in [0, 0.05) is 22.6 Å². The van der Waals surface area contributed by atoms with Crippen molar-refractivity contribution in [2.45, 2.75) is 4.90 Å². The topological polar surface area (TPSA) is 88.1 Å². The third kappa shape index (κ3) is 8.58. The number of carbonyl (C=O) groups is 3. The molecule has 0 aromatic heterocycles. The van der Waals surface area contributed by atoms with E-state index in [-0.39, 0.29) is 31.5 Å². The van der Waals surface area contributed by atoms with Crippen LogP contribution >= 0.6 is 11.8 Å². The molecule has 208 valence electrons. The Labute approximate surface area is 242 Å². The summed E-state index contributed by atoms with van der Waals surface area (Å²) in [5, 5.41) is 2.01. The molecular weight excluding hydrogens is 540 g/mol. The summed E-state index contributed by atoms with van der Waals surface area (Å²) in [6, 6.07) is 26.7. The maximum Gasteiger partial charge on any atom is 0.330 e. The molecule has 0 saturated carbocycles. The molecule has 8 heteroatoms. The number of rotatable bonds is 13. The van der Waals surface area contributed by atoms with Gasteiger partial charge >= 0.3 is 11.9 Å². The molecule has 0 atom stereocenters. The second kappa shape index (κ2) is 14.5. The van der Waals surface area contributed by atoms with Crippen LogP contribution in [0, 0.1) is 0 Å². The van der Waals surface area contributed by atoms with Crippen molar-refractivity contribution in [2.75, 3.05) is 26.4 Å². The molecular formula is C33H28O7S. The van der Waals surface area contributed by atoms with Gasteiger partial charge in [0.15, 0.2) is 0 Å². The lowest BCUT2D eigenvalue weighted by atomic mass is 10.0. The summed E-state index contributed by atoms with van der Waals surface area (Å²) in [6.45, 7) is 7.42. The second-order valence-corrected chi connectivity index (χ2v) is 9.65. The van der Waals surface area contributed by atoms with Crippen LogP contribution in [0.25, 0.3) is 21.9 Å². The third-order valence-corrected chi connectivity index (χ3v) is 6.74. The first-order valence-electron chi connectivity index (χ1n) is 12.8. The number of hydrogen-bond acceptors (Lipinski definition) is 8. The highest BCUT2D eigenvalue weighted by molar-refractivity contribution is 8.14. The van der Waals surface area contributed by atoms with Gasteiger partial charge in [0.2, 0.25) is 5.12 Å². The summed E-state index contributed by atoms with van der Waals surface area (Å²) >= 11 is 1.16. The number of ether oxygens (including phenoxy) is 4. The van der Waals surface area contributed by atoms with E-state index in [1.165, 1.54) is 0 Å². The average molecular weight is 569 g/mol. The van der Waals surface area contributed by atoms with E-state index >= 15 is 0 Å². The van der Waals surface area contributed by atoms with Gasteiger partial charge in [-0.05, 0) is 88.3 Å². The number of carbonyl (C=O) groups excluding carboxylic acids is 3. The molecule has 4 rings (SSSR count). The molecule has 0 aliphatic heterocycles. The first-order chi connectivity index (χ1) is 19.9. The molecule has 0 saturated heterocycles. The molecule has 4 aromatic rings. The van der Waals surface area contributed by atoms with E-state index in [2.05, 4.69) is 19.2 Å². The zero-order valence-electron chi connectivity index (χ0n) is 22.2. The van der Waals surface area contributed by atoms with Gasteiger partial charge in [0.25, 0.3) is 0 Å². The molecule has 0 amide bonds. The second-order valence-electron chi connectivity index (χ2n) is 8.60. The van der Waals surface area contributed by atoms with Crippen LogP contribution in [-0.2, 0) is 19.1 Å². The van der Waals surface area contributed by atoms with E-state index in [9.17, 15) is 14.4 Å². The molecule has 0 aliphatic rings. The van der Waals surface area contributed by atoms with Gasteiger partial charge in [-0.2, -0.15) is 0 Å². The predicted octanol–water partition coefficient (Wildman–Crippen LogP) is 6.66. The molecule has 7 nitrogen and oxygen atoms in total. The van der Waals surface area contributed by atoms with E-state index in [4.69, 9.17) is 18.9 Å². The van der Waals surface area contributed by atoms with Gasteiger partial charge in [-0.15, -0.1) is 0 Å². The molecule has 0 spiro atoms. The van der Waals surface area contributed by atoms with Crippen LogP contribution in [0.2, 0.25) is 0 Å². The van der Waals surface area contributed by atoms with Crippen molar-refractivity contribution in [3.05, 3.63) is 116 Å². The highest BCUT2D eigenvalue weighted by Crippen LogP contribution is 2.30. The Morgan fingerprint density at radius 3 is 1.71 bits per heavy atom. The largest absolute Gasteiger partial charge is 0.490 e. The molecule has 41 heavy (non-hydrogen) atoms. The van der Waals surface area contributed by atoms with E-state index in [1.807, 2.05) is 54.6 Å². The number of thioether (sulfide) groups is 1. The minimum atomic E-state index is -0.499. The zero-order valence-corrected chi connectivity index (χ0v) is 23.1. The van der Waals surface area contributed by atoms with Gasteiger partial charge in [0.05, 0.1) is 0 Å². The van der Waals surface area contributed by atoms with Crippen molar-refractivity contribution in [3.63, 3.8) is 0 Å². The number of fused-ring (bicyclic) bond motifs is 1. The standard InChI is InChI=1S/C33H28O7S/c1-3-31(34)39-19-17-37-28-12-7-23(8-13-28)25-5-6-27-22-30(16-11-26(27)21-25)41-33(36)24-9-14-29(15-10-24)38-18-20-40-32(35)4-2/h3-16,21-22H,1-2,17-20H2. The minimum absolute atomic E-state index is 0.0754. The Morgan fingerprint density at radius 1 is 0.610 bits per heavy atom. The van der Waals surface area contributed by atoms with E-state index in [0.717, 1.165) is 50.7 Å². The van der Waals surface area contributed by atoms with Crippen LogP contribution in [0.5, 0.6) is 11.5 Å². The Morgan fingerprint density at radius 2 is 1.12 bits per heavy atom. The molecule has 0 fully saturated rings. The van der Waals surface area contributed by atoms with Gasteiger partial charge < -0.3 is 18.9 Å². The van der Waals surface area contributed by atoms with Gasteiger partial charge in [-0.1, -0.05) is 43.5 Å². The maximum absolute atomic E-state index is 12.8. The lowest BCUT2D eigenvalue weighted by Gasteiger charge is -2.09. The van der Waals surface area contributed by atoms with Crippen molar-refractivity contribution in [3.8, 4) is 22.6 Å². The minimum Gasteiger partial charge on any atom is -0.490 e. The maximum atomic E-state index is 12.8. The highest BCUT2D eigenvalue weighted by Gasteiger charge is 2.10. The lowest BCUT2D eigenvalue weighted by molar-refractivity contribution is -0.139. The number of hydrogen-bond donors (Lipinski definition) is 0. The number of benzene rings is 4. The van der Waals surface area contributed by atoms with Crippen LogP contribution in [-0.4, -0.2) is 43.5 Å². The monoisotopic (exact) mass is 568 g/mol. The first-order valence-corrected chi connectivity index (χ1v) is 13.6. The smallest absolute Gasteiger partial charge is 0.330 e. The van der Waals surface area contributed by atoms with Gasteiger partial charge in [0.1, 0.15) is 37.9 Å². The van der Waals surface area contributed by atoms with Crippen LogP contribution < -0.4 is 9.47 Å². The summed E-state index contributed by atoms with van der Waals surface area (Å²) in [4.78, 5) is 35.8. The van der Waals surface area contributed by atoms with Crippen molar-refractivity contribution in [2.24, 2.45) is 0 Å². The van der Waals surface area contributed by atoms with Crippen LogP contribution in [0.3, 0.4) is 0 Å². The molecule has 0 heterocycles. The summed E-state index contributed by atoms with van der Waals surface area (Å²) in [6.07, 6.45) is 2.21. The SMILES string of the molecule is C=CC(=O)OCCOc1ccc(C(=O)Sc2ccc3cc(-c4ccc(OCCOC(=O)C=C)cc4)ccc3c2)cc1. The fourth-order valence-corrected chi connectivity index (χ4v) is 4.58. The zero-order chi connectivity index (χ0) is 29.0. The van der Waals surface area contributed by atoms with Crippen LogP contribution in [0.1, 0.15) is 10.4 Å². The summed E-state index contributed by atoms with van der Waals surface area (Å²) in [5.74, 6) is 0.291. The van der Waals surface area contributed by atoms with Crippen molar-refractivity contribution in [1.29, 1.82) is 0 Å². The normalized spacial score (nSPS) is 10.4. The molecule has 0 bridgehead atoms. The van der Waals surface area contributed by atoms with E-state index in [1.54, 1.807) is 24.3 Å². The molecule has 0 aliphatic carbocycles.